The minimum absolute atomic E-state index is 0. The Bertz CT molecular complexity index is 355. The van der Waals surface area contributed by atoms with Gasteiger partial charge in [0.1, 0.15) is 0 Å². The highest BCUT2D eigenvalue weighted by atomic mass is 127. The first-order valence-corrected chi connectivity index (χ1v) is 4.95. The quantitative estimate of drug-likeness (QED) is 0.550. The Morgan fingerprint density at radius 3 is 2.73 bits per heavy atom. The molecule has 2 rings (SSSR count). The van der Waals surface area contributed by atoms with Gasteiger partial charge in [0.15, 0.2) is 11.5 Å². The standard InChI is InChI=1S/C11H15NO2.HI/c1-12-8-4-2-3-7-5-6-9(13)11(14)10(7)8;/h5-6,8,12-14H,2-4H2,1H3;1H. The molecule has 0 aliphatic heterocycles. The van der Waals surface area contributed by atoms with Crippen molar-refractivity contribution in [1.82, 2.24) is 5.32 Å². The first kappa shape index (κ1) is 12.6. The van der Waals surface area contributed by atoms with Crippen LogP contribution in [0.1, 0.15) is 30.0 Å². The predicted molar refractivity (Wildman–Crippen MR) is 69.9 cm³/mol. The minimum atomic E-state index is -0.0223. The summed E-state index contributed by atoms with van der Waals surface area (Å²) in [5.41, 5.74) is 2.02. The van der Waals surface area contributed by atoms with Crippen molar-refractivity contribution < 1.29 is 10.2 Å². The molecule has 0 saturated carbocycles. The Morgan fingerprint density at radius 2 is 2.07 bits per heavy atom. The van der Waals surface area contributed by atoms with E-state index in [2.05, 4.69) is 5.32 Å². The summed E-state index contributed by atoms with van der Waals surface area (Å²) in [6, 6.07) is 3.63. The van der Waals surface area contributed by atoms with Gasteiger partial charge in [0.25, 0.3) is 0 Å². The van der Waals surface area contributed by atoms with Crippen LogP contribution in [0.3, 0.4) is 0 Å². The molecule has 1 aromatic rings. The van der Waals surface area contributed by atoms with Gasteiger partial charge in [-0.25, -0.2) is 0 Å². The third-order valence-corrected chi connectivity index (χ3v) is 2.92. The van der Waals surface area contributed by atoms with Crippen LogP contribution in [0.4, 0.5) is 0 Å². The summed E-state index contributed by atoms with van der Waals surface area (Å²) in [5.74, 6) is 0.0208. The number of benzene rings is 1. The van der Waals surface area contributed by atoms with Gasteiger partial charge in [0.2, 0.25) is 0 Å². The molecule has 0 amide bonds. The van der Waals surface area contributed by atoms with Crippen LogP contribution in [0.25, 0.3) is 0 Å². The Kier molecular flexibility index (Phi) is 4.21. The number of hydrogen-bond acceptors (Lipinski definition) is 3. The number of rotatable bonds is 1. The van der Waals surface area contributed by atoms with E-state index in [0.717, 1.165) is 30.4 Å². The Balaban J connectivity index is 0.00000112. The molecule has 1 aromatic carbocycles. The fourth-order valence-corrected chi connectivity index (χ4v) is 2.17. The fraction of sp³-hybridized carbons (Fsp3) is 0.455. The van der Waals surface area contributed by atoms with E-state index in [0.29, 0.717) is 0 Å². The van der Waals surface area contributed by atoms with E-state index in [4.69, 9.17) is 0 Å². The van der Waals surface area contributed by atoms with Gasteiger partial charge in [0, 0.05) is 11.6 Å². The summed E-state index contributed by atoms with van der Waals surface area (Å²) in [6.07, 6.45) is 3.13. The molecule has 1 atom stereocenters. The monoisotopic (exact) mass is 321 g/mol. The molecule has 1 unspecified atom stereocenters. The van der Waals surface area contributed by atoms with Crippen LogP contribution < -0.4 is 5.32 Å². The highest BCUT2D eigenvalue weighted by molar-refractivity contribution is 14.0. The number of nitrogens with one attached hydrogen (secondary N) is 1. The molecule has 15 heavy (non-hydrogen) atoms. The lowest BCUT2D eigenvalue weighted by Crippen LogP contribution is -2.21. The van der Waals surface area contributed by atoms with Crippen LogP contribution in [0.15, 0.2) is 12.1 Å². The van der Waals surface area contributed by atoms with E-state index >= 15 is 0 Å². The Hall–Kier alpha value is -0.490. The van der Waals surface area contributed by atoms with Crippen molar-refractivity contribution in [2.24, 2.45) is 0 Å². The molecule has 0 heterocycles. The number of phenols is 2. The Morgan fingerprint density at radius 1 is 1.33 bits per heavy atom. The third-order valence-electron chi connectivity index (χ3n) is 2.92. The van der Waals surface area contributed by atoms with E-state index < -0.39 is 0 Å². The maximum Gasteiger partial charge on any atom is 0.162 e. The number of phenolic OH excluding ortho intramolecular Hbond substituents is 2. The molecule has 1 aliphatic rings. The second-order valence-corrected chi connectivity index (χ2v) is 3.74. The molecule has 0 spiro atoms. The first-order valence-electron chi connectivity index (χ1n) is 4.95. The van der Waals surface area contributed by atoms with Crippen molar-refractivity contribution in [2.75, 3.05) is 7.05 Å². The van der Waals surface area contributed by atoms with E-state index in [-0.39, 0.29) is 41.5 Å². The maximum absolute atomic E-state index is 9.75. The number of aromatic hydroxyl groups is 2. The summed E-state index contributed by atoms with van der Waals surface area (Å²) < 4.78 is 0. The smallest absolute Gasteiger partial charge is 0.162 e. The second kappa shape index (κ2) is 5.03. The molecular formula is C11H16INO2. The number of halogens is 1. The van der Waals surface area contributed by atoms with E-state index in [9.17, 15) is 10.2 Å². The lowest BCUT2D eigenvalue weighted by Gasteiger charge is -2.26. The SMILES string of the molecule is CNC1CCCc2ccc(O)c(O)c21.I. The van der Waals surface area contributed by atoms with Crippen molar-refractivity contribution in [2.45, 2.75) is 25.3 Å². The average Bonchev–Trinajstić information content (AvgIpc) is 2.23. The number of fused-ring (bicyclic) bond motifs is 1. The highest BCUT2D eigenvalue weighted by Crippen LogP contribution is 2.40. The van der Waals surface area contributed by atoms with Crippen molar-refractivity contribution in [1.29, 1.82) is 0 Å². The van der Waals surface area contributed by atoms with Gasteiger partial charge < -0.3 is 15.5 Å². The van der Waals surface area contributed by atoms with Gasteiger partial charge >= 0.3 is 0 Å². The van der Waals surface area contributed by atoms with Crippen LogP contribution in [0.5, 0.6) is 11.5 Å². The zero-order valence-electron chi connectivity index (χ0n) is 8.66. The zero-order chi connectivity index (χ0) is 10.1. The topological polar surface area (TPSA) is 52.5 Å². The third kappa shape index (κ3) is 2.20. The first-order chi connectivity index (χ1) is 6.74. The van der Waals surface area contributed by atoms with E-state index in [1.54, 1.807) is 6.07 Å². The van der Waals surface area contributed by atoms with Gasteiger partial charge in [-0.1, -0.05) is 6.07 Å². The molecule has 0 aromatic heterocycles. The molecule has 84 valence electrons. The highest BCUT2D eigenvalue weighted by Gasteiger charge is 2.23. The van der Waals surface area contributed by atoms with Crippen LogP contribution >= 0.6 is 24.0 Å². The van der Waals surface area contributed by atoms with Crippen LogP contribution in [0, 0.1) is 0 Å². The van der Waals surface area contributed by atoms with Gasteiger partial charge in [-0.3, -0.25) is 0 Å². The molecule has 0 bridgehead atoms. The molecule has 3 N–H and O–H groups in total. The average molecular weight is 321 g/mol. The fourth-order valence-electron chi connectivity index (χ4n) is 2.17. The maximum atomic E-state index is 9.75. The largest absolute Gasteiger partial charge is 0.504 e. The van der Waals surface area contributed by atoms with Crippen molar-refractivity contribution in [3.63, 3.8) is 0 Å². The second-order valence-electron chi connectivity index (χ2n) is 3.74. The predicted octanol–water partition coefficient (Wildman–Crippen LogP) is 2.31. The van der Waals surface area contributed by atoms with Gasteiger partial charge in [-0.05, 0) is 37.9 Å². The lowest BCUT2D eigenvalue weighted by atomic mass is 9.87. The van der Waals surface area contributed by atoms with Crippen LogP contribution in [0.2, 0.25) is 0 Å². The van der Waals surface area contributed by atoms with Crippen molar-refractivity contribution in [3.05, 3.63) is 23.3 Å². The summed E-state index contributed by atoms with van der Waals surface area (Å²) >= 11 is 0. The lowest BCUT2D eigenvalue weighted by molar-refractivity contribution is 0.382. The molecular weight excluding hydrogens is 305 g/mol. The summed E-state index contributed by atoms with van der Waals surface area (Å²) in [6.45, 7) is 0. The molecule has 0 fully saturated rings. The Labute approximate surface area is 107 Å². The summed E-state index contributed by atoms with van der Waals surface area (Å²) in [5, 5.41) is 22.3. The van der Waals surface area contributed by atoms with E-state index in [1.165, 1.54) is 0 Å². The van der Waals surface area contributed by atoms with Gasteiger partial charge in [-0.15, -0.1) is 24.0 Å². The molecule has 3 nitrogen and oxygen atoms in total. The van der Waals surface area contributed by atoms with Crippen LogP contribution in [-0.4, -0.2) is 17.3 Å². The summed E-state index contributed by atoms with van der Waals surface area (Å²) in [4.78, 5) is 0. The summed E-state index contributed by atoms with van der Waals surface area (Å²) in [7, 11) is 1.88. The van der Waals surface area contributed by atoms with Crippen LogP contribution in [-0.2, 0) is 6.42 Å². The minimum Gasteiger partial charge on any atom is -0.504 e. The zero-order valence-corrected chi connectivity index (χ0v) is 11.0. The molecule has 0 saturated heterocycles. The van der Waals surface area contributed by atoms with Crippen molar-refractivity contribution >= 4 is 24.0 Å². The normalized spacial score (nSPS) is 19.1. The number of aryl methyl sites for hydroxylation is 1. The number of hydrogen-bond donors (Lipinski definition) is 3. The van der Waals surface area contributed by atoms with Gasteiger partial charge in [-0.2, -0.15) is 0 Å². The molecule has 4 heteroatoms. The van der Waals surface area contributed by atoms with Crippen molar-refractivity contribution in [3.8, 4) is 11.5 Å². The molecule has 1 aliphatic carbocycles. The van der Waals surface area contributed by atoms with E-state index in [1.807, 2.05) is 13.1 Å². The molecule has 0 radical (unpaired) electrons. The van der Waals surface area contributed by atoms with Gasteiger partial charge in [0.05, 0.1) is 0 Å².